The second-order valence-corrected chi connectivity index (χ2v) is 7.06. The number of carbonyl (C=O) groups is 1. The van der Waals surface area contributed by atoms with Crippen molar-refractivity contribution in [2.45, 2.75) is 31.8 Å². The summed E-state index contributed by atoms with van der Waals surface area (Å²) in [5, 5.41) is 8.68. The summed E-state index contributed by atoms with van der Waals surface area (Å²) in [4.78, 5) is 14.7. The Balaban J connectivity index is 2.11. The molecule has 2 rings (SSSR count). The highest BCUT2D eigenvalue weighted by Gasteiger charge is 2.39. The Hall–Kier alpha value is -1.51. The Bertz CT molecular complexity index is 587. The average molecular weight is 313 g/mol. The maximum atomic E-state index is 12.6. The summed E-state index contributed by atoms with van der Waals surface area (Å²) in [5.74, 6) is -1.01. The van der Waals surface area contributed by atoms with Crippen molar-refractivity contribution in [3.8, 4) is 0 Å². The quantitative estimate of drug-likeness (QED) is 0.763. The minimum atomic E-state index is -3.67. The van der Waals surface area contributed by atoms with Crippen LogP contribution in [0.25, 0.3) is 0 Å². The van der Waals surface area contributed by atoms with E-state index in [1.54, 1.807) is 18.3 Å². The van der Waals surface area contributed by atoms with Gasteiger partial charge in [0.15, 0.2) is 0 Å². The van der Waals surface area contributed by atoms with Crippen molar-refractivity contribution in [3.05, 3.63) is 30.1 Å². The number of rotatable bonds is 8. The molecule has 1 fully saturated rings. The molecule has 1 aliphatic rings. The van der Waals surface area contributed by atoms with E-state index in [0.717, 1.165) is 17.1 Å². The monoisotopic (exact) mass is 313 g/mol. The van der Waals surface area contributed by atoms with Gasteiger partial charge in [-0.1, -0.05) is 6.07 Å². The number of carboxylic acid groups (broad SMARTS) is 1. The first-order chi connectivity index (χ1) is 9.91. The molecule has 0 aromatic carbocycles. The molecule has 1 saturated carbocycles. The van der Waals surface area contributed by atoms with Crippen LogP contribution in [0.1, 0.15) is 25.0 Å². The molecule has 7 nitrogen and oxygen atoms in total. The molecular weight excluding hydrogens is 294 g/mol. The van der Waals surface area contributed by atoms with Crippen LogP contribution in [-0.2, 0) is 21.5 Å². The lowest BCUT2D eigenvalue weighted by molar-refractivity contribution is -0.137. The Kier molecular flexibility index (Phi) is 4.92. The maximum Gasteiger partial charge on any atom is 0.304 e. The van der Waals surface area contributed by atoms with Crippen molar-refractivity contribution in [1.29, 1.82) is 0 Å². The van der Waals surface area contributed by atoms with Gasteiger partial charge in [0.05, 0.1) is 18.7 Å². The number of hydrogen-bond donors (Lipinski definition) is 1. The third-order valence-corrected chi connectivity index (χ3v) is 5.32. The van der Waals surface area contributed by atoms with E-state index in [1.807, 2.05) is 6.07 Å². The number of pyridine rings is 1. The largest absolute Gasteiger partial charge is 0.481 e. The zero-order valence-corrected chi connectivity index (χ0v) is 12.7. The molecular formula is C13H19N3O4S. The third-order valence-electron chi connectivity index (χ3n) is 3.33. The molecule has 0 spiro atoms. The van der Waals surface area contributed by atoms with Crippen molar-refractivity contribution in [1.82, 2.24) is 13.6 Å². The molecule has 0 saturated heterocycles. The summed E-state index contributed by atoms with van der Waals surface area (Å²) in [6.45, 7) is 0.175. The number of hydrogen-bond acceptors (Lipinski definition) is 4. The molecule has 0 bridgehead atoms. The lowest BCUT2D eigenvalue weighted by atomic mass is 10.3. The molecule has 116 valence electrons. The first-order valence-electron chi connectivity index (χ1n) is 6.76. The lowest BCUT2D eigenvalue weighted by Gasteiger charge is -2.27. The van der Waals surface area contributed by atoms with Gasteiger partial charge in [0.1, 0.15) is 0 Å². The van der Waals surface area contributed by atoms with Crippen LogP contribution in [0, 0.1) is 0 Å². The maximum absolute atomic E-state index is 12.6. The van der Waals surface area contributed by atoms with E-state index < -0.39 is 16.2 Å². The van der Waals surface area contributed by atoms with Crippen LogP contribution in [0.15, 0.2) is 24.4 Å². The van der Waals surface area contributed by atoms with Gasteiger partial charge in [-0.05, 0) is 25.0 Å². The van der Waals surface area contributed by atoms with Crippen molar-refractivity contribution in [2.24, 2.45) is 0 Å². The Labute approximate surface area is 124 Å². The summed E-state index contributed by atoms with van der Waals surface area (Å²) >= 11 is 0. The second-order valence-electron chi connectivity index (χ2n) is 5.07. The van der Waals surface area contributed by atoms with Gasteiger partial charge in [0.2, 0.25) is 0 Å². The van der Waals surface area contributed by atoms with Crippen LogP contribution >= 0.6 is 0 Å². The van der Waals surface area contributed by atoms with Gasteiger partial charge in [-0.3, -0.25) is 9.78 Å². The second kappa shape index (κ2) is 6.50. The summed E-state index contributed by atoms with van der Waals surface area (Å²) in [6, 6.07) is 5.36. The molecule has 1 heterocycles. The van der Waals surface area contributed by atoms with Gasteiger partial charge < -0.3 is 5.11 Å². The lowest BCUT2D eigenvalue weighted by Crippen LogP contribution is -2.43. The van der Waals surface area contributed by atoms with E-state index in [-0.39, 0.29) is 25.6 Å². The summed E-state index contributed by atoms with van der Waals surface area (Å²) in [7, 11) is -2.26. The molecule has 0 radical (unpaired) electrons. The predicted octanol–water partition coefficient (Wildman–Crippen LogP) is 0.697. The SMILES string of the molecule is CN(CCC(=O)O)S(=O)(=O)N(Cc1ccccn1)C1CC1. The average Bonchev–Trinajstić information content (AvgIpc) is 3.27. The molecule has 0 unspecified atom stereocenters. The minimum Gasteiger partial charge on any atom is -0.481 e. The number of carboxylic acids is 1. The van der Waals surface area contributed by atoms with E-state index in [9.17, 15) is 13.2 Å². The highest BCUT2D eigenvalue weighted by Crippen LogP contribution is 2.31. The molecule has 1 aliphatic carbocycles. The molecule has 8 heteroatoms. The van der Waals surface area contributed by atoms with Crippen LogP contribution < -0.4 is 0 Å². The summed E-state index contributed by atoms with van der Waals surface area (Å²) < 4.78 is 27.6. The molecule has 21 heavy (non-hydrogen) atoms. The van der Waals surface area contributed by atoms with Gasteiger partial charge in [-0.2, -0.15) is 17.0 Å². The molecule has 0 aliphatic heterocycles. The normalized spacial score (nSPS) is 15.6. The number of aromatic nitrogens is 1. The van der Waals surface area contributed by atoms with Gasteiger partial charge in [0.25, 0.3) is 10.2 Å². The molecule has 0 atom stereocenters. The fourth-order valence-corrected chi connectivity index (χ4v) is 3.52. The van der Waals surface area contributed by atoms with Crippen LogP contribution in [0.2, 0.25) is 0 Å². The smallest absolute Gasteiger partial charge is 0.304 e. The van der Waals surface area contributed by atoms with Crippen molar-refractivity contribution < 1.29 is 18.3 Å². The van der Waals surface area contributed by atoms with E-state index in [4.69, 9.17) is 5.11 Å². The highest BCUT2D eigenvalue weighted by molar-refractivity contribution is 7.86. The first-order valence-corrected chi connectivity index (χ1v) is 8.16. The van der Waals surface area contributed by atoms with Crippen LogP contribution in [0.3, 0.4) is 0 Å². The fourth-order valence-electron chi connectivity index (χ4n) is 1.96. The van der Waals surface area contributed by atoms with Crippen molar-refractivity contribution >= 4 is 16.2 Å². The number of nitrogens with zero attached hydrogens (tertiary/aromatic N) is 3. The van der Waals surface area contributed by atoms with Crippen molar-refractivity contribution in [3.63, 3.8) is 0 Å². The van der Waals surface area contributed by atoms with Crippen molar-refractivity contribution in [2.75, 3.05) is 13.6 Å². The third kappa shape index (κ3) is 4.23. The van der Waals surface area contributed by atoms with Gasteiger partial charge in [0, 0.05) is 25.8 Å². The summed E-state index contributed by atoms with van der Waals surface area (Å²) in [6.07, 6.45) is 3.08. The molecule has 1 aromatic rings. The van der Waals surface area contributed by atoms with E-state index >= 15 is 0 Å². The Morgan fingerprint density at radius 1 is 1.43 bits per heavy atom. The molecule has 1 aromatic heterocycles. The van der Waals surface area contributed by atoms with Crippen LogP contribution in [0.5, 0.6) is 0 Å². The zero-order valence-electron chi connectivity index (χ0n) is 11.8. The minimum absolute atomic E-state index is 0.00992. The Morgan fingerprint density at radius 2 is 2.14 bits per heavy atom. The summed E-state index contributed by atoms with van der Waals surface area (Å²) in [5.41, 5.74) is 0.680. The fraction of sp³-hybridized carbons (Fsp3) is 0.538. The zero-order chi connectivity index (χ0) is 15.5. The molecule has 0 amide bonds. The van der Waals surface area contributed by atoms with Crippen LogP contribution in [-0.4, -0.2) is 52.7 Å². The standard InChI is InChI=1S/C13H19N3O4S/c1-15(9-7-13(17)18)21(19,20)16(12-5-6-12)10-11-4-2-3-8-14-11/h2-4,8,12H,5-7,9-10H2,1H3,(H,17,18). The van der Waals surface area contributed by atoms with E-state index in [2.05, 4.69) is 4.98 Å². The topological polar surface area (TPSA) is 90.8 Å². The highest BCUT2D eigenvalue weighted by atomic mass is 32.2. The van der Waals surface area contributed by atoms with Crippen LogP contribution in [0.4, 0.5) is 0 Å². The van der Waals surface area contributed by atoms with Gasteiger partial charge in [-0.15, -0.1) is 0 Å². The van der Waals surface area contributed by atoms with E-state index in [1.165, 1.54) is 11.4 Å². The van der Waals surface area contributed by atoms with E-state index in [0.29, 0.717) is 5.69 Å². The number of aliphatic carboxylic acids is 1. The van der Waals surface area contributed by atoms with Gasteiger partial charge >= 0.3 is 5.97 Å². The first kappa shape index (κ1) is 15.9. The van der Waals surface area contributed by atoms with Gasteiger partial charge in [-0.25, -0.2) is 0 Å². The predicted molar refractivity (Wildman–Crippen MR) is 76.6 cm³/mol. The Morgan fingerprint density at radius 3 is 2.67 bits per heavy atom. The molecule has 1 N–H and O–H groups in total.